The molecule has 3 rings (SSSR count). The Hall–Kier alpha value is -2.71. The number of aromatic nitrogens is 2. The molecule has 32 heavy (non-hydrogen) atoms. The summed E-state index contributed by atoms with van der Waals surface area (Å²) in [6.45, 7) is 7.23. The fourth-order valence-electron chi connectivity index (χ4n) is 4.32. The average Bonchev–Trinajstić information content (AvgIpc) is 3.11. The highest BCUT2D eigenvalue weighted by Crippen LogP contribution is 2.33. The molecule has 2 heterocycles. The SMILES string of the molecule is CCc1cn([C@H]2C[C@H](OC(C)=O)[C@@H](CCC(O)Cc3c(C)cccc3C)O2)c(=O)[nH]c1=O. The van der Waals surface area contributed by atoms with Crippen molar-refractivity contribution in [3.05, 3.63) is 67.5 Å². The fraction of sp³-hybridized carbons (Fsp3) is 0.542. The summed E-state index contributed by atoms with van der Waals surface area (Å²) in [7, 11) is 0. The average molecular weight is 445 g/mol. The standard InChI is InChI=1S/C24H32N2O6/c1-5-17-13-26(24(30)25-23(17)29)22-12-21(31-16(4)27)20(32-22)10-9-18(28)11-19-14(2)7-6-8-15(19)3/h6-8,13,18,20-22,28H,5,9-12H2,1-4H3,(H,25,29,30)/t18?,20-,21+,22-/m1/s1. The summed E-state index contributed by atoms with van der Waals surface area (Å²) >= 11 is 0. The molecule has 1 aliphatic heterocycles. The van der Waals surface area contributed by atoms with Crippen LogP contribution in [0.25, 0.3) is 0 Å². The number of aromatic amines is 1. The van der Waals surface area contributed by atoms with Crippen LogP contribution in [0.4, 0.5) is 0 Å². The van der Waals surface area contributed by atoms with Gasteiger partial charge in [0.05, 0.1) is 12.2 Å². The number of H-pyrrole nitrogens is 1. The van der Waals surface area contributed by atoms with E-state index < -0.39 is 41.8 Å². The summed E-state index contributed by atoms with van der Waals surface area (Å²) in [4.78, 5) is 38.2. The second-order valence-electron chi connectivity index (χ2n) is 8.49. The Bertz CT molecular complexity index is 1050. The Morgan fingerprint density at radius 2 is 2.00 bits per heavy atom. The van der Waals surface area contributed by atoms with Crippen LogP contribution in [0.3, 0.4) is 0 Å². The second kappa shape index (κ2) is 10.3. The van der Waals surface area contributed by atoms with E-state index in [-0.39, 0.29) is 0 Å². The number of ether oxygens (including phenoxy) is 2. The number of benzene rings is 1. The number of hydrogen-bond acceptors (Lipinski definition) is 6. The number of aliphatic hydroxyl groups is 1. The maximum atomic E-state index is 12.3. The number of hydrogen-bond donors (Lipinski definition) is 2. The highest BCUT2D eigenvalue weighted by Gasteiger charge is 2.39. The molecular formula is C24H32N2O6. The van der Waals surface area contributed by atoms with Gasteiger partial charge in [0.1, 0.15) is 12.3 Å². The van der Waals surface area contributed by atoms with Crippen molar-refractivity contribution >= 4 is 5.97 Å². The van der Waals surface area contributed by atoms with E-state index in [1.54, 1.807) is 0 Å². The van der Waals surface area contributed by atoms with Crippen LogP contribution < -0.4 is 11.2 Å². The molecule has 0 bridgehead atoms. The van der Waals surface area contributed by atoms with E-state index in [1.165, 1.54) is 17.7 Å². The minimum atomic E-state index is -0.658. The smallest absolute Gasteiger partial charge is 0.330 e. The fourth-order valence-corrected chi connectivity index (χ4v) is 4.32. The van der Waals surface area contributed by atoms with E-state index in [1.807, 2.05) is 39.0 Å². The molecule has 1 aromatic heterocycles. The van der Waals surface area contributed by atoms with Crippen LogP contribution in [-0.2, 0) is 27.1 Å². The van der Waals surface area contributed by atoms with Crippen molar-refractivity contribution in [2.45, 2.75) is 84.3 Å². The van der Waals surface area contributed by atoms with Crippen molar-refractivity contribution in [3.63, 3.8) is 0 Å². The van der Waals surface area contributed by atoms with E-state index in [0.717, 1.165) is 16.7 Å². The minimum Gasteiger partial charge on any atom is -0.460 e. The lowest BCUT2D eigenvalue weighted by Gasteiger charge is -2.21. The summed E-state index contributed by atoms with van der Waals surface area (Å²) in [5, 5.41) is 10.6. The third-order valence-electron chi connectivity index (χ3n) is 6.10. The van der Waals surface area contributed by atoms with Crippen LogP contribution in [0.5, 0.6) is 0 Å². The molecule has 1 unspecified atom stereocenters. The molecule has 8 heteroatoms. The molecule has 0 amide bonds. The lowest BCUT2D eigenvalue weighted by atomic mass is 9.95. The molecule has 1 saturated heterocycles. The van der Waals surface area contributed by atoms with Crippen molar-refractivity contribution in [3.8, 4) is 0 Å². The summed E-state index contributed by atoms with van der Waals surface area (Å²) < 4.78 is 12.9. The van der Waals surface area contributed by atoms with E-state index in [9.17, 15) is 19.5 Å². The van der Waals surface area contributed by atoms with Crippen LogP contribution >= 0.6 is 0 Å². The monoisotopic (exact) mass is 444 g/mol. The van der Waals surface area contributed by atoms with E-state index in [2.05, 4.69) is 4.98 Å². The number of aliphatic hydroxyl groups excluding tert-OH is 1. The molecule has 0 saturated carbocycles. The van der Waals surface area contributed by atoms with Gasteiger partial charge in [0.25, 0.3) is 5.56 Å². The van der Waals surface area contributed by atoms with Crippen LogP contribution in [0.1, 0.15) is 61.6 Å². The van der Waals surface area contributed by atoms with Crippen LogP contribution in [0.15, 0.2) is 34.0 Å². The van der Waals surface area contributed by atoms with Crippen LogP contribution in [-0.4, -0.2) is 38.9 Å². The van der Waals surface area contributed by atoms with E-state index in [0.29, 0.717) is 37.7 Å². The Balaban J connectivity index is 1.71. The Morgan fingerprint density at radius 1 is 1.31 bits per heavy atom. The van der Waals surface area contributed by atoms with Gasteiger partial charge in [0.15, 0.2) is 0 Å². The summed E-state index contributed by atoms with van der Waals surface area (Å²) in [6.07, 6.45) is 1.53. The van der Waals surface area contributed by atoms with Crippen LogP contribution in [0, 0.1) is 13.8 Å². The number of carbonyl (C=O) groups excluding carboxylic acids is 1. The molecule has 1 fully saturated rings. The summed E-state index contributed by atoms with van der Waals surface area (Å²) in [6, 6.07) is 6.06. The predicted molar refractivity (Wildman–Crippen MR) is 120 cm³/mol. The molecule has 2 aromatic rings. The first-order valence-electron chi connectivity index (χ1n) is 11.1. The van der Waals surface area contributed by atoms with Gasteiger partial charge >= 0.3 is 11.7 Å². The first-order chi connectivity index (χ1) is 15.2. The van der Waals surface area contributed by atoms with Gasteiger partial charge in [-0.3, -0.25) is 19.1 Å². The first-order valence-corrected chi connectivity index (χ1v) is 11.1. The van der Waals surface area contributed by atoms with Crippen molar-refractivity contribution in [2.75, 3.05) is 0 Å². The predicted octanol–water partition coefficient (Wildman–Crippen LogP) is 2.32. The highest BCUT2D eigenvalue weighted by molar-refractivity contribution is 5.66. The van der Waals surface area contributed by atoms with Gasteiger partial charge in [0.2, 0.25) is 0 Å². The lowest BCUT2D eigenvalue weighted by Crippen LogP contribution is -2.34. The van der Waals surface area contributed by atoms with Gasteiger partial charge in [-0.25, -0.2) is 4.79 Å². The molecule has 8 nitrogen and oxygen atoms in total. The number of rotatable bonds is 8. The summed E-state index contributed by atoms with van der Waals surface area (Å²) in [5.41, 5.74) is 2.92. The zero-order valence-corrected chi connectivity index (χ0v) is 19.1. The van der Waals surface area contributed by atoms with Gasteiger partial charge in [0, 0.05) is 25.1 Å². The Labute approximate surface area is 187 Å². The molecule has 2 N–H and O–H groups in total. The summed E-state index contributed by atoms with van der Waals surface area (Å²) in [5.74, 6) is -0.427. The lowest BCUT2D eigenvalue weighted by molar-refractivity contribution is -0.149. The third kappa shape index (κ3) is 5.55. The molecule has 0 aliphatic carbocycles. The molecule has 1 aromatic carbocycles. The topological polar surface area (TPSA) is 111 Å². The quantitative estimate of drug-likeness (QED) is 0.605. The molecular weight excluding hydrogens is 412 g/mol. The number of nitrogens with one attached hydrogen (secondary N) is 1. The first kappa shape index (κ1) is 23.9. The van der Waals surface area contributed by atoms with Gasteiger partial charge in [-0.2, -0.15) is 0 Å². The zero-order chi connectivity index (χ0) is 23.4. The Kier molecular flexibility index (Phi) is 7.69. The minimum absolute atomic E-state index is 0.298. The number of carbonyl (C=O) groups is 1. The molecule has 174 valence electrons. The number of nitrogens with zero attached hydrogens (tertiary/aromatic N) is 1. The van der Waals surface area contributed by atoms with Crippen molar-refractivity contribution < 1.29 is 19.4 Å². The number of esters is 1. The Morgan fingerprint density at radius 3 is 2.62 bits per heavy atom. The van der Waals surface area contributed by atoms with Crippen molar-refractivity contribution in [1.82, 2.24) is 9.55 Å². The van der Waals surface area contributed by atoms with Gasteiger partial charge in [-0.05, 0) is 56.2 Å². The molecule has 1 aliphatic rings. The third-order valence-corrected chi connectivity index (χ3v) is 6.10. The molecule has 0 radical (unpaired) electrons. The van der Waals surface area contributed by atoms with E-state index >= 15 is 0 Å². The normalized spacial score (nSPS) is 21.5. The maximum absolute atomic E-state index is 12.3. The van der Waals surface area contributed by atoms with Crippen LogP contribution in [0.2, 0.25) is 0 Å². The maximum Gasteiger partial charge on any atom is 0.330 e. The van der Waals surface area contributed by atoms with Crippen molar-refractivity contribution in [1.29, 1.82) is 0 Å². The molecule has 0 spiro atoms. The van der Waals surface area contributed by atoms with Crippen molar-refractivity contribution in [2.24, 2.45) is 0 Å². The van der Waals surface area contributed by atoms with Gasteiger partial charge in [-0.15, -0.1) is 0 Å². The highest BCUT2D eigenvalue weighted by atomic mass is 16.6. The second-order valence-corrected chi connectivity index (χ2v) is 8.49. The molecule has 4 atom stereocenters. The largest absolute Gasteiger partial charge is 0.460 e. The van der Waals surface area contributed by atoms with Gasteiger partial charge < -0.3 is 14.6 Å². The van der Waals surface area contributed by atoms with E-state index in [4.69, 9.17) is 9.47 Å². The number of aryl methyl sites for hydroxylation is 3. The van der Waals surface area contributed by atoms with Gasteiger partial charge in [-0.1, -0.05) is 25.1 Å². The zero-order valence-electron chi connectivity index (χ0n) is 19.1.